The SMILES string of the molecule is Cc1ccc(CN2CCCCC2)c(C)c1.N=Cc1cc(N)ccc1N.[HH].[HH]. The van der Waals surface area contributed by atoms with Gasteiger partial charge in [0.1, 0.15) is 0 Å². The molecular weight excluding hydrogens is 308 g/mol. The van der Waals surface area contributed by atoms with E-state index < -0.39 is 0 Å². The number of benzene rings is 2. The first-order valence-electron chi connectivity index (χ1n) is 8.93. The lowest BCUT2D eigenvalue weighted by Crippen LogP contribution is -2.29. The first-order chi connectivity index (χ1) is 12.0. The maximum atomic E-state index is 6.92. The highest BCUT2D eigenvalue weighted by Crippen LogP contribution is 2.16. The summed E-state index contributed by atoms with van der Waals surface area (Å²) < 4.78 is 0. The van der Waals surface area contributed by atoms with E-state index in [1.54, 1.807) is 18.2 Å². The molecule has 0 aliphatic carbocycles. The number of hydrogen-bond donors (Lipinski definition) is 3. The van der Waals surface area contributed by atoms with Gasteiger partial charge in [-0.1, -0.05) is 30.2 Å². The van der Waals surface area contributed by atoms with Crippen LogP contribution in [0.5, 0.6) is 0 Å². The van der Waals surface area contributed by atoms with Crippen molar-refractivity contribution in [3.8, 4) is 0 Å². The van der Waals surface area contributed by atoms with E-state index in [2.05, 4.69) is 36.9 Å². The summed E-state index contributed by atoms with van der Waals surface area (Å²) >= 11 is 0. The fourth-order valence-corrected chi connectivity index (χ4v) is 3.10. The third-order valence-electron chi connectivity index (χ3n) is 4.61. The molecule has 2 aromatic rings. The van der Waals surface area contributed by atoms with E-state index in [4.69, 9.17) is 16.9 Å². The van der Waals surface area contributed by atoms with Crippen molar-refractivity contribution >= 4 is 17.6 Å². The maximum Gasteiger partial charge on any atom is 0.0404 e. The van der Waals surface area contributed by atoms with Crippen molar-refractivity contribution in [3.05, 3.63) is 58.7 Å². The van der Waals surface area contributed by atoms with Crippen LogP contribution in [-0.2, 0) is 6.54 Å². The van der Waals surface area contributed by atoms with E-state index in [1.807, 2.05) is 0 Å². The number of likely N-dealkylation sites (tertiary alicyclic amines) is 1. The van der Waals surface area contributed by atoms with Crippen molar-refractivity contribution in [1.29, 1.82) is 5.41 Å². The zero-order valence-corrected chi connectivity index (χ0v) is 15.4. The molecule has 1 aliphatic rings. The van der Waals surface area contributed by atoms with Crippen molar-refractivity contribution in [3.63, 3.8) is 0 Å². The lowest BCUT2D eigenvalue weighted by Gasteiger charge is -2.27. The number of nitrogen functional groups attached to an aromatic ring is 2. The van der Waals surface area contributed by atoms with Gasteiger partial charge in [0.15, 0.2) is 0 Å². The molecular formula is C21H34N4. The average Bonchev–Trinajstić information content (AvgIpc) is 2.61. The first kappa shape index (κ1) is 19.0. The molecule has 0 spiro atoms. The number of nitrogens with two attached hydrogens (primary N) is 2. The van der Waals surface area contributed by atoms with Crippen LogP contribution in [-0.4, -0.2) is 24.2 Å². The summed E-state index contributed by atoms with van der Waals surface area (Å²) in [6, 6.07) is 11.9. The fourth-order valence-electron chi connectivity index (χ4n) is 3.10. The number of aryl methyl sites for hydroxylation is 2. The van der Waals surface area contributed by atoms with Gasteiger partial charge in [0.2, 0.25) is 0 Å². The number of anilines is 2. The molecule has 5 N–H and O–H groups in total. The second-order valence-corrected chi connectivity index (χ2v) is 6.80. The van der Waals surface area contributed by atoms with Crippen molar-refractivity contribution in [2.75, 3.05) is 24.6 Å². The highest BCUT2D eigenvalue weighted by molar-refractivity contribution is 5.86. The Labute approximate surface area is 154 Å². The van der Waals surface area contributed by atoms with E-state index in [9.17, 15) is 0 Å². The molecule has 0 saturated carbocycles. The Morgan fingerprint density at radius 2 is 1.76 bits per heavy atom. The normalized spacial score (nSPS) is 14.5. The number of nitrogens with zero attached hydrogens (tertiary/aromatic N) is 1. The molecule has 1 saturated heterocycles. The molecule has 1 heterocycles. The van der Waals surface area contributed by atoms with Crippen molar-refractivity contribution < 1.29 is 2.85 Å². The maximum absolute atomic E-state index is 6.92. The molecule has 4 heteroatoms. The molecule has 0 unspecified atom stereocenters. The standard InChI is InChI=1S/C14H21N.C7H9N3.2H2/c1-12-6-7-14(13(2)10-12)11-15-8-4-3-5-9-15;8-4-5-3-6(9)1-2-7(5)10;;/h6-7,10H,3-5,8-9,11H2,1-2H3;1-4,8H,9-10H2;2*1H. The minimum Gasteiger partial charge on any atom is -0.399 e. The van der Waals surface area contributed by atoms with Gasteiger partial charge in [-0.05, 0) is 69.1 Å². The summed E-state index contributed by atoms with van der Waals surface area (Å²) in [7, 11) is 0. The van der Waals surface area contributed by atoms with E-state index in [1.165, 1.54) is 55.3 Å². The molecule has 0 bridgehead atoms. The van der Waals surface area contributed by atoms with Crippen LogP contribution in [0.4, 0.5) is 11.4 Å². The molecule has 1 aliphatic heterocycles. The predicted octanol–water partition coefficient (Wildman–Crippen LogP) is 4.63. The number of piperidine rings is 1. The summed E-state index contributed by atoms with van der Waals surface area (Å²) in [4.78, 5) is 2.58. The van der Waals surface area contributed by atoms with Gasteiger partial charge < -0.3 is 16.9 Å². The van der Waals surface area contributed by atoms with Crippen LogP contribution in [0, 0.1) is 19.3 Å². The van der Waals surface area contributed by atoms with Gasteiger partial charge in [-0.15, -0.1) is 0 Å². The summed E-state index contributed by atoms with van der Waals surface area (Å²) in [5.41, 5.74) is 17.1. The Morgan fingerprint density at radius 3 is 2.36 bits per heavy atom. The van der Waals surface area contributed by atoms with Crippen LogP contribution in [0.15, 0.2) is 36.4 Å². The van der Waals surface area contributed by atoms with Crippen LogP contribution in [0.25, 0.3) is 0 Å². The van der Waals surface area contributed by atoms with E-state index >= 15 is 0 Å². The zero-order valence-electron chi connectivity index (χ0n) is 15.4. The summed E-state index contributed by atoms with van der Waals surface area (Å²) in [5.74, 6) is 0. The van der Waals surface area contributed by atoms with Gasteiger partial charge >= 0.3 is 0 Å². The summed E-state index contributed by atoms with van der Waals surface area (Å²) in [6.45, 7) is 8.11. The minimum absolute atomic E-state index is 0. The van der Waals surface area contributed by atoms with Crippen LogP contribution in [0.2, 0.25) is 0 Å². The van der Waals surface area contributed by atoms with Gasteiger partial charge in [0.25, 0.3) is 0 Å². The topological polar surface area (TPSA) is 79.1 Å². The third-order valence-corrected chi connectivity index (χ3v) is 4.61. The highest BCUT2D eigenvalue weighted by Gasteiger charge is 2.11. The fraction of sp³-hybridized carbons (Fsp3) is 0.381. The number of hydrogen-bond acceptors (Lipinski definition) is 4. The Bertz CT molecular complexity index is 713. The summed E-state index contributed by atoms with van der Waals surface area (Å²) in [6.07, 6.45) is 5.37. The Kier molecular flexibility index (Phi) is 7.02. The van der Waals surface area contributed by atoms with Crippen LogP contribution < -0.4 is 11.5 Å². The van der Waals surface area contributed by atoms with Gasteiger partial charge in [0, 0.05) is 32.6 Å². The van der Waals surface area contributed by atoms with Crippen molar-refractivity contribution in [2.45, 2.75) is 39.7 Å². The van der Waals surface area contributed by atoms with Crippen molar-refractivity contribution in [1.82, 2.24) is 4.90 Å². The lowest BCUT2D eigenvalue weighted by atomic mass is 10.0. The Morgan fingerprint density at radius 1 is 1.04 bits per heavy atom. The number of rotatable bonds is 3. The zero-order chi connectivity index (χ0) is 18.2. The van der Waals surface area contributed by atoms with Crippen LogP contribution >= 0.6 is 0 Å². The second-order valence-electron chi connectivity index (χ2n) is 6.80. The molecule has 3 rings (SSSR count). The lowest BCUT2D eigenvalue weighted by molar-refractivity contribution is 0.220. The van der Waals surface area contributed by atoms with Crippen LogP contribution in [0.1, 0.15) is 44.4 Å². The molecule has 2 aromatic carbocycles. The molecule has 0 radical (unpaired) electrons. The second kappa shape index (κ2) is 9.23. The van der Waals surface area contributed by atoms with Gasteiger partial charge in [-0.2, -0.15) is 0 Å². The largest absolute Gasteiger partial charge is 0.399 e. The molecule has 0 amide bonds. The van der Waals surface area contributed by atoms with Gasteiger partial charge in [-0.3, -0.25) is 4.90 Å². The van der Waals surface area contributed by atoms with Crippen molar-refractivity contribution in [2.24, 2.45) is 0 Å². The van der Waals surface area contributed by atoms with E-state index in [0.717, 1.165) is 6.54 Å². The highest BCUT2D eigenvalue weighted by atomic mass is 15.1. The molecule has 4 nitrogen and oxygen atoms in total. The van der Waals surface area contributed by atoms with Gasteiger partial charge in [-0.25, -0.2) is 0 Å². The van der Waals surface area contributed by atoms with E-state index in [-0.39, 0.29) is 2.85 Å². The third kappa shape index (κ3) is 5.91. The monoisotopic (exact) mass is 342 g/mol. The smallest absolute Gasteiger partial charge is 0.0404 e. The molecule has 138 valence electrons. The molecule has 25 heavy (non-hydrogen) atoms. The predicted molar refractivity (Wildman–Crippen MR) is 112 cm³/mol. The quantitative estimate of drug-likeness (QED) is 0.562. The van der Waals surface area contributed by atoms with Crippen LogP contribution in [0.3, 0.4) is 0 Å². The molecule has 1 fully saturated rings. The first-order valence-corrected chi connectivity index (χ1v) is 8.93. The Hall–Kier alpha value is -2.33. The van der Waals surface area contributed by atoms with Gasteiger partial charge in [0.05, 0.1) is 0 Å². The molecule has 0 atom stereocenters. The average molecular weight is 343 g/mol. The minimum atomic E-state index is 0. The van der Waals surface area contributed by atoms with E-state index in [0.29, 0.717) is 16.9 Å². The molecule has 0 aromatic heterocycles. The Balaban J connectivity index is 0.000000500. The number of nitrogens with one attached hydrogen (secondary N) is 1. The summed E-state index contributed by atoms with van der Waals surface area (Å²) in [5, 5.41) is 6.92.